The molecule has 17 heavy (non-hydrogen) atoms. The predicted molar refractivity (Wildman–Crippen MR) is 68.8 cm³/mol. The number of hydrogen-bond acceptors (Lipinski definition) is 5. The second-order valence-corrected chi connectivity index (χ2v) is 4.66. The Balaban J connectivity index is 2.28. The number of rotatable bonds is 2. The van der Waals surface area contributed by atoms with Crippen LogP contribution < -0.4 is 10.2 Å². The topological polar surface area (TPSA) is 50.3 Å². The van der Waals surface area contributed by atoms with E-state index < -0.39 is 0 Å². The Kier molecular flexibility index (Phi) is 3.69. The zero-order chi connectivity index (χ0) is 12.4. The molecule has 1 saturated heterocycles. The molecule has 0 saturated carbocycles. The Morgan fingerprint density at radius 3 is 2.94 bits per heavy atom. The molecule has 1 aromatic rings. The Morgan fingerprint density at radius 2 is 2.24 bits per heavy atom. The first-order valence-corrected chi connectivity index (χ1v) is 6.08. The lowest BCUT2D eigenvalue weighted by Crippen LogP contribution is -2.47. The van der Waals surface area contributed by atoms with Gasteiger partial charge < -0.3 is 15.0 Å². The van der Waals surface area contributed by atoms with E-state index in [1.165, 1.54) is 0 Å². The molecule has 0 amide bonds. The van der Waals surface area contributed by atoms with Gasteiger partial charge in [0.1, 0.15) is 11.0 Å². The van der Waals surface area contributed by atoms with Gasteiger partial charge in [-0.2, -0.15) is 4.98 Å². The van der Waals surface area contributed by atoms with E-state index in [1.807, 2.05) is 0 Å². The Bertz CT molecular complexity index is 401. The largest absolute Gasteiger partial charge is 0.375 e. The molecular formula is C11H17ClN4O. The molecule has 2 rings (SSSR count). The highest BCUT2D eigenvalue weighted by atomic mass is 35.5. The fourth-order valence-corrected chi connectivity index (χ4v) is 2.06. The lowest BCUT2D eigenvalue weighted by molar-refractivity contribution is 0.0340. The highest BCUT2D eigenvalue weighted by Gasteiger charge is 2.25. The number of anilines is 2. The van der Waals surface area contributed by atoms with Crippen molar-refractivity contribution in [3.63, 3.8) is 0 Å². The summed E-state index contributed by atoms with van der Waals surface area (Å²) in [6, 6.07) is 2.08. The number of aromatic nitrogens is 2. The number of hydrogen-bond donors (Lipinski definition) is 1. The van der Waals surface area contributed by atoms with Crippen LogP contribution in [0.15, 0.2) is 6.07 Å². The first kappa shape index (κ1) is 12.4. The maximum Gasteiger partial charge on any atom is 0.225 e. The van der Waals surface area contributed by atoms with Gasteiger partial charge in [0.25, 0.3) is 0 Å². The summed E-state index contributed by atoms with van der Waals surface area (Å²) in [6.07, 6.45) is 0.206. The van der Waals surface area contributed by atoms with Crippen molar-refractivity contribution in [2.24, 2.45) is 0 Å². The van der Waals surface area contributed by atoms with Crippen molar-refractivity contribution in [3.8, 4) is 0 Å². The molecule has 0 bridgehead atoms. The van der Waals surface area contributed by atoms with Crippen molar-refractivity contribution in [1.82, 2.24) is 9.97 Å². The minimum atomic E-state index is 0.206. The van der Waals surface area contributed by atoms with Gasteiger partial charge in [-0.15, -0.1) is 0 Å². The van der Waals surface area contributed by atoms with E-state index >= 15 is 0 Å². The van der Waals surface area contributed by atoms with E-state index in [9.17, 15) is 0 Å². The number of halogens is 1. The van der Waals surface area contributed by atoms with Gasteiger partial charge in [-0.3, -0.25) is 0 Å². The minimum absolute atomic E-state index is 0.206. The molecular weight excluding hydrogens is 240 g/mol. The average Bonchev–Trinajstić information content (AvgIpc) is 2.31. The Labute approximate surface area is 106 Å². The van der Waals surface area contributed by atoms with Gasteiger partial charge >= 0.3 is 0 Å². The summed E-state index contributed by atoms with van der Waals surface area (Å²) < 4.78 is 5.59. The molecule has 0 spiro atoms. The fourth-order valence-electron chi connectivity index (χ4n) is 1.89. The van der Waals surface area contributed by atoms with Crippen LogP contribution in [-0.2, 0) is 4.74 Å². The van der Waals surface area contributed by atoms with Crippen LogP contribution in [-0.4, -0.2) is 42.3 Å². The van der Waals surface area contributed by atoms with E-state index in [0.29, 0.717) is 23.8 Å². The van der Waals surface area contributed by atoms with Gasteiger partial charge in [-0.1, -0.05) is 11.6 Å². The van der Waals surface area contributed by atoms with Crippen molar-refractivity contribution in [3.05, 3.63) is 11.2 Å². The van der Waals surface area contributed by atoms with Gasteiger partial charge in [0.15, 0.2) is 0 Å². The number of ether oxygens (including phenoxy) is 1. The second kappa shape index (κ2) is 5.06. The molecule has 1 fully saturated rings. The molecule has 0 aromatic carbocycles. The molecule has 6 heteroatoms. The summed E-state index contributed by atoms with van der Waals surface area (Å²) in [6.45, 7) is 5.69. The third-order valence-electron chi connectivity index (χ3n) is 2.81. The number of nitrogens with zero attached hydrogens (tertiary/aromatic N) is 3. The summed E-state index contributed by atoms with van der Waals surface area (Å²) in [5.41, 5.74) is 0. The predicted octanol–water partition coefficient (Wildman–Crippen LogP) is 1.79. The second-order valence-electron chi connectivity index (χ2n) is 4.27. The molecule has 1 N–H and O–H groups in total. The lowest BCUT2D eigenvalue weighted by Gasteiger charge is -2.37. The zero-order valence-electron chi connectivity index (χ0n) is 10.3. The number of nitrogens with one attached hydrogen (secondary N) is 1. The molecule has 1 aliphatic rings. The highest BCUT2D eigenvalue weighted by molar-refractivity contribution is 6.29. The van der Waals surface area contributed by atoms with E-state index in [4.69, 9.17) is 16.3 Å². The van der Waals surface area contributed by atoms with Crippen molar-refractivity contribution >= 4 is 23.4 Å². The first-order chi connectivity index (χ1) is 8.10. The molecule has 1 aliphatic heterocycles. The van der Waals surface area contributed by atoms with Crippen LogP contribution >= 0.6 is 11.6 Å². The molecule has 5 nitrogen and oxygen atoms in total. The Hall–Kier alpha value is -1.07. The van der Waals surface area contributed by atoms with Crippen LogP contribution in [0.4, 0.5) is 11.8 Å². The lowest BCUT2D eigenvalue weighted by atomic mass is 10.2. The van der Waals surface area contributed by atoms with E-state index in [0.717, 1.165) is 12.4 Å². The maximum atomic E-state index is 5.98. The first-order valence-electron chi connectivity index (χ1n) is 5.70. The van der Waals surface area contributed by atoms with Crippen LogP contribution in [0.2, 0.25) is 5.15 Å². The SMILES string of the molecule is CNc1nc(Cl)cc(N2C[C@@H](C)OC[C@H]2C)n1. The normalized spacial score (nSPS) is 24.8. The molecule has 2 heterocycles. The van der Waals surface area contributed by atoms with Gasteiger partial charge in [0.2, 0.25) is 5.95 Å². The van der Waals surface area contributed by atoms with E-state index in [2.05, 4.69) is 34.0 Å². The molecule has 94 valence electrons. The van der Waals surface area contributed by atoms with Crippen molar-refractivity contribution in [1.29, 1.82) is 0 Å². The monoisotopic (exact) mass is 256 g/mol. The van der Waals surface area contributed by atoms with E-state index in [1.54, 1.807) is 13.1 Å². The van der Waals surface area contributed by atoms with Gasteiger partial charge in [0, 0.05) is 19.7 Å². The van der Waals surface area contributed by atoms with Gasteiger partial charge in [-0.05, 0) is 13.8 Å². The molecule has 0 radical (unpaired) electrons. The fraction of sp³-hybridized carbons (Fsp3) is 0.636. The van der Waals surface area contributed by atoms with Crippen LogP contribution in [0, 0.1) is 0 Å². The smallest absolute Gasteiger partial charge is 0.225 e. The van der Waals surface area contributed by atoms with Gasteiger partial charge in [0.05, 0.1) is 18.8 Å². The zero-order valence-corrected chi connectivity index (χ0v) is 11.0. The summed E-state index contributed by atoms with van der Waals surface area (Å²) >= 11 is 5.98. The minimum Gasteiger partial charge on any atom is -0.375 e. The maximum absolute atomic E-state index is 5.98. The molecule has 2 atom stereocenters. The van der Waals surface area contributed by atoms with Crippen molar-refractivity contribution < 1.29 is 4.74 Å². The van der Waals surface area contributed by atoms with Crippen LogP contribution in [0.5, 0.6) is 0 Å². The average molecular weight is 257 g/mol. The molecule has 0 aliphatic carbocycles. The quantitative estimate of drug-likeness (QED) is 0.818. The van der Waals surface area contributed by atoms with Gasteiger partial charge in [-0.25, -0.2) is 4.98 Å². The standard InChI is InChI=1S/C11H17ClN4O/c1-7-6-17-8(2)5-16(7)10-4-9(12)14-11(13-3)15-10/h4,7-8H,5-6H2,1-3H3,(H,13,14,15)/t7-,8-/m1/s1. The summed E-state index contributed by atoms with van der Waals surface area (Å²) in [4.78, 5) is 10.7. The van der Waals surface area contributed by atoms with Crippen LogP contribution in [0.1, 0.15) is 13.8 Å². The van der Waals surface area contributed by atoms with E-state index in [-0.39, 0.29) is 6.10 Å². The van der Waals surface area contributed by atoms with Crippen LogP contribution in [0.25, 0.3) is 0 Å². The third-order valence-corrected chi connectivity index (χ3v) is 3.00. The van der Waals surface area contributed by atoms with Crippen molar-refractivity contribution in [2.45, 2.75) is 26.0 Å². The summed E-state index contributed by atoms with van der Waals surface area (Å²) in [7, 11) is 1.78. The van der Waals surface area contributed by atoms with Crippen molar-refractivity contribution in [2.75, 3.05) is 30.4 Å². The molecule has 0 unspecified atom stereocenters. The molecule has 1 aromatic heterocycles. The van der Waals surface area contributed by atoms with Crippen LogP contribution in [0.3, 0.4) is 0 Å². The third kappa shape index (κ3) is 2.79. The number of morpholine rings is 1. The highest BCUT2D eigenvalue weighted by Crippen LogP contribution is 2.23. The Morgan fingerprint density at radius 1 is 1.47 bits per heavy atom. The summed E-state index contributed by atoms with van der Waals surface area (Å²) in [5.74, 6) is 1.39. The summed E-state index contributed by atoms with van der Waals surface area (Å²) in [5, 5.41) is 3.36.